The highest BCUT2D eigenvalue weighted by Crippen LogP contribution is 2.30. The quantitative estimate of drug-likeness (QED) is 0.772. The number of imide groups is 1. The second kappa shape index (κ2) is 7.28. The van der Waals surface area contributed by atoms with Gasteiger partial charge in [-0.15, -0.1) is 11.3 Å². The number of hydrogen-bond donors (Lipinski definition) is 1. The second-order valence-electron chi connectivity index (χ2n) is 6.38. The zero-order valence-electron chi connectivity index (χ0n) is 14.7. The number of carbonyl (C=O) groups is 3. The zero-order valence-corrected chi connectivity index (χ0v) is 16.2. The molecule has 2 heterocycles. The molecule has 0 radical (unpaired) electrons. The summed E-state index contributed by atoms with van der Waals surface area (Å²) in [7, 11) is 1.57. The van der Waals surface area contributed by atoms with Gasteiger partial charge in [0.15, 0.2) is 0 Å². The topological polar surface area (TPSA) is 69.7 Å². The molecule has 6 nitrogen and oxygen atoms in total. The van der Waals surface area contributed by atoms with E-state index in [4.69, 9.17) is 11.6 Å². The lowest BCUT2D eigenvalue weighted by Crippen LogP contribution is -2.43. The maximum Gasteiger partial charge on any atom is 0.325 e. The summed E-state index contributed by atoms with van der Waals surface area (Å²) in [4.78, 5) is 40.7. The van der Waals surface area contributed by atoms with Gasteiger partial charge in [0.1, 0.15) is 17.9 Å². The van der Waals surface area contributed by atoms with Gasteiger partial charge in [0, 0.05) is 17.5 Å². The number of carbonyl (C=O) groups excluding carboxylic acids is 3. The predicted octanol–water partition coefficient (Wildman–Crippen LogP) is 2.97. The Morgan fingerprint density at radius 3 is 2.63 bits per heavy atom. The summed E-state index contributed by atoms with van der Waals surface area (Å²) in [5, 5.41) is 2.50. The third kappa shape index (κ3) is 3.68. The minimum Gasteiger partial charge on any atom is -0.339 e. The molecule has 3 rings (SSSR count). The predicted molar refractivity (Wildman–Crippen MR) is 99.8 cm³/mol. The Morgan fingerprint density at radius 1 is 1.30 bits per heavy atom. The maximum atomic E-state index is 14.1. The van der Waals surface area contributed by atoms with Crippen molar-refractivity contribution >= 4 is 40.8 Å². The van der Waals surface area contributed by atoms with Crippen LogP contribution in [0.3, 0.4) is 0 Å². The largest absolute Gasteiger partial charge is 0.339 e. The van der Waals surface area contributed by atoms with E-state index in [1.165, 1.54) is 41.4 Å². The molecule has 1 saturated heterocycles. The Balaban J connectivity index is 1.73. The Hall–Kier alpha value is -2.45. The van der Waals surface area contributed by atoms with Crippen LogP contribution in [0.1, 0.15) is 17.4 Å². The number of rotatable bonds is 5. The first-order chi connectivity index (χ1) is 12.7. The van der Waals surface area contributed by atoms with Crippen molar-refractivity contribution in [1.82, 2.24) is 15.1 Å². The van der Waals surface area contributed by atoms with E-state index in [1.807, 2.05) is 0 Å². The molecule has 1 aliphatic heterocycles. The van der Waals surface area contributed by atoms with Crippen LogP contribution in [-0.2, 0) is 21.7 Å². The first kappa shape index (κ1) is 19.3. The molecule has 1 unspecified atom stereocenters. The van der Waals surface area contributed by atoms with Crippen molar-refractivity contribution in [3.63, 3.8) is 0 Å². The van der Waals surface area contributed by atoms with E-state index in [-0.39, 0.29) is 5.56 Å². The van der Waals surface area contributed by atoms with Crippen molar-refractivity contribution in [2.24, 2.45) is 0 Å². The molecule has 0 saturated carbocycles. The highest BCUT2D eigenvalue weighted by atomic mass is 35.5. The summed E-state index contributed by atoms with van der Waals surface area (Å²) in [6.07, 6.45) is 0. The van der Waals surface area contributed by atoms with Crippen LogP contribution >= 0.6 is 22.9 Å². The first-order valence-corrected chi connectivity index (χ1v) is 9.29. The van der Waals surface area contributed by atoms with Crippen LogP contribution in [0, 0.1) is 5.82 Å². The Morgan fingerprint density at radius 2 is 2.00 bits per heavy atom. The molecule has 1 aromatic heterocycles. The van der Waals surface area contributed by atoms with E-state index >= 15 is 0 Å². The molecule has 2 aromatic rings. The van der Waals surface area contributed by atoms with Crippen LogP contribution in [0.4, 0.5) is 9.18 Å². The molecule has 0 spiro atoms. The number of hydrogen-bond acceptors (Lipinski definition) is 4. The summed E-state index contributed by atoms with van der Waals surface area (Å²) in [5.74, 6) is -1.69. The lowest BCUT2D eigenvalue weighted by Gasteiger charge is -2.23. The van der Waals surface area contributed by atoms with Crippen molar-refractivity contribution in [1.29, 1.82) is 0 Å². The molecule has 1 aliphatic rings. The number of nitrogens with one attached hydrogen (secondary N) is 1. The normalized spacial score (nSPS) is 19.3. The van der Waals surface area contributed by atoms with E-state index in [1.54, 1.807) is 25.2 Å². The first-order valence-electron chi connectivity index (χ1n) is 8.09. The van der Waals surface area contributed by atoms with Gasteiger partial charge in [-0.25, -0.2) is 9.18 Å². The lowest BCUT2D eigenvalue weighted by molar-refractivity contribution is -0.138. The third-order valence-corrected chi connectivity index (χ3v) is 5.64. The highest BCUT2D eigenvalue weighted by Gasteiger charge is 2.50. The maximum absolute atomic E-state index is 14.1. The number of benzene rings is 1. The highest BCUT2D eigenvalue weighted by molar-refractivity contribution is 7.16. The molecule has 1 atom stereocenters. The summed E-state index contributed by atoms with van der Waals surface area (Å²) < 4.78 is 14.8. The van der Waals surface area contributed by atoms with Crippen LogP contribution in [-0.4, -0.2) is 41.2 Å². The van der Waals surface area contributed by atoms with Crippen molar-refractivity contribution < 1.29 is 18.8 Å². The fourth-order valence-corrected chi connectivity index (χ4v) is 4.05. The van der Waals surface area contributed by atoms with Gasteiger partial charge in [-0.2, -0.15) is 0 Å². The molecule has 1 N–H and O–H groups in total. The van der Waals surface area contributed by atoms with Gasteiger partial charge in [-0.3, -0.25) is 14.5 Å². The van der Waals surface area contributed by atoms with E-state index in [9.17, 15) is 18.8 Å². The molecular formula is C18H17ClFN3O3S. The summed E-state index contributed by atoms with van der Waals surface area (Å²) in [6, 6.07) is 8.54. The van der Waals surface area contributed by atoms with Crippen molar-refractivity contribution in [3.8, 4) is 0 Å². The number of nitrogens with zero attached hydrogens (tertiary/aromatic N) is 2. The minimum atomic E-state index is -1.55. The number of amides is 4. The average molecular weight is 410 g/mol. The lowest BCUT2D eigenvalue weighted by atomic mass is 9.91. The van der Waals surface area contributed by atoms with Crippen molar-refractivity contribution in [2.45, 2.75) is 19.0 Å². The molecule has 1 aromatic carbocycles. The molecule has 0 bridgehead atoms. The minimum absolute atomic E-state index is 0.0554. The fraction of sp³-hybridized carbons (Fsp3) is 0.278. The SMILES string of the molecule is CN(Cc1ccc(Cl)s1)C(=O)CN1C(=O)NC(C)(c2ccccc2F)C1=O. The van der Waals surface area contributed by atoms with Crippen LogP contribution in [0.15, 0.2) is 36.4 Å². The van der Waals surface area contributed by atoms with Crippen molar-refractivity contribution in [2.75, 3.05) is 13.6 Å². The van der Waals surface area contributed by atoms with Gasteiger partial charge in [0.05, 0.1) is 10.9 Å². The number of thiophene rings is 1. The Kier molecular flexibility index (Phi) is 5.21. The molecule has 1 fully saturated rings. The van der Waals surface area contributed by atoms with E-state index in [0.29, 0.717) is 10.9 Å². The number of urea groups is 1. The smallest absolute Gasteiger partial charge is 0.325 e. The van der Waals surface area contributed by atoms with Gasteiger partial charge >= 0.3 is 6.03 Å². The summed E-state index contributed by atoms with van der Waals surface area (Å²) in [6.45, 7) is 1.31. The molecule has 9 heteroatoms. The van der Waals surface area contributed by atoms with E-state index in [0.717, 1.165) is 9.78 Å². The van der Waals surface area contributed by atoms with Gasteiger partial charge in [-0.1, -0.05) is 29.8 Å². The average Bonchev–Trinajstić information content (AvgIpc) is 3.11. The van der Waals surface area contributed by atoms with Crippen LogP contribution in [0.5, 0.6) is 0 Å². The van der Waals surface area contributed by atoms with Crippen LogP contribution in [0.25, 0.3) is 0 Å². The molecular weight excluding hydrogens is 393 g/mol. The fourth-order valence-electron chi connectivity index (χ4n) is 2.90. The Labute approximate surface area is 164 Å². The Bertz CT molecular complexity index is 919. The standard InChI is InChI=1S/C18H17ClFN3O3S/c1-18(12-5-3-4-6-13(12)20)16(25)23(17(26)21-18)10-15(24)22(2)9-11-7-8-14(19)27-11/h3-8H,9-10H2,1-2H3,(H,21,26). The van der Waals surface area contributed by atoms with Gasteiger partial charge < -0.3 is 10.2 Å². The second-order valence-corrected chi connectivity index (χ2v) is 8.18. The molecule has 4 amide bonds. The van der Waals surface area contributed by atoms with Gasteiger partial charge in [0.25, 0.3) is 5.91 Å². The van der Waals surface area contributed by atoms with Gasteiger partial charge in [-0.05, 0) is 25.1 Å². The summed E-state index contributed by atoms with van der Waals surface area (Å²) in [5.41, 5.74) is -1.50. The number of likely N-dealkylation sites (N-methyl/N-ethyl adjacent to an activating group) is 1. The molecule has 27 heavy (non-hydrogen) atoms. The molecule has 142 valence electrons. The number of halogens is 2. The van der Waals surface area contributed by atoms with Crippen LogP contribution in [0.2, 0.25) is 4.34 Å². The summed E-state index contributed by atoms with van der Waals surface area (Å²) >= 11 is 7.23. The van der Waals surface area contributed by atoms with E-state index < -0.39 is 35.7 Å². The van der Waals surface area contributed by atoms with Gasteiger partial charge in [0.2, 0.25) is 5.91 Å². The monoisotopic (exact) mass is 409 g/mol. The van der Waals surface area contributed by atoms with E-state index in [2.05, 4.69) is 5.32 Å². The van der Waals surface area contributed by atoms with Crippen molar-refractivity contribution in [3.05, 3.63) is 57.0 Å². The van der Waals surface area contributed by atoms with Crippen LogP contribution < -0.4 is 5.32 Å². The zero-order chi connectivity index (χ0) is 19.8. The molecule has 0 aliphatic carbocycles. The third-order valence-electron chi connectivity index (χ3n) is 4.43.